The van der Waals surface area contributed by atoms with Crippen molar-refractivity contribution >= 4 is 17.6 Å². The maximum Gasteiger partial charge on any atom is 0.322 e. The van der Waals surface area contributed by atoms with Gasteiger partial charge in [-0.25, -0.2) is 0 Å². The Morgan fingerprint density at radius 1 is 1.50 bits per heavy atom. The van der Waals surface area contributed by atoms with Crippen LogP contribution in [0.1, 0.15) is 27.7 Å². The first-order chi connectivity index (χ1) is 6.31. The zero-order chi connectivity index (χ0) is 11.4. The topological polar surface area (TPSA) is 37.3 Å². The van der Waals surface area contributed by atoms with Crippen molar-refractivity contribution in [3.63, 3.8) is 0 Å². The van der Waals surface area contributed by atoms with Crippen LogP contribution in [0.3, 0.4) is 0 Å². The van der Waals surface area contributed by atoms with Crippen molar-refractivity contribution in [1.82, 2.24) is 0 Å². The van der Waals surface area contributed by atoms with Crippen LogP contribution in [0.4, 0.5) is 0 Å². The third-order valence-electron chi connectivity index (χ3n) is 2.10. The van der Waals surface area contributed by atoms with Gasteiger partial charge in [-0.15, -0.1) is 11.6 Å². The molecule has 2 nitrogen and oxygen atoms in total. The number of allylic oxidation sites excluding steroid dienone is 4. The molecule has 0 aliphatic rings. The summed E-state index contributed by atoms with van der Waals surface area (Å²) >= 11 is 5.76. The Morgan fingerprint density at radius 3 is 2.36 bits per heavy atom. The molecule has 0 amide bonds. The number of halogens is 1. The average Bonchev–Trinajstić information content (AvgIpc) is 2.12. The highest BCUT2D eigenvalue weighted by Crippen LogP contribution is 2.27. The minimum atomic E-state index is -0.987. The van der Waals surface area contributed by atoms with Crippen molar-refractivity contribution in [2.75, 3.05) is 0 Å². The number of alkyl halides is 1. The Hall–Kier alpha value is -0.760. The van der Waals surface area contributed by atoms with Crippen LogP contribution >= 0.6 is 11.6 Å². The molecule has 14 heavy (non-hydrogen) atoms. The van der Waals surface area contributed by atoms with Crippen molar-refractivity contribution < 1.29 is 9.90 Å². The largest absolute Gasteiger partial charge is 0.480 e. The highest BCUT2D eigenvalue weighted by atomic mass is 35.5. The summed E-state index contributed by atoms with van der Waals surface area (Å²) in [5.74, 6) is -0.987. The van der Waals surface area contributed by atoms with E-state index in [0.29, 0.717) is 0 Å². The number of aliphatic carboxylic acids is 1. The molecule has 1 N–H and O–H groups in total. The van der Waals surface area contributed by atoms with Gasteiger partial charge in [-0.1, -0.05) is 37.6 Å². The van der Waals surface area contributed by atoms with Gasteiger partial charge in [0.25, 0.3) is 0 Å². The molecule has 3 heteroatoms. The minimum Gasteiger partial charge on any atom is -0.480 e. The predicted octanol–water partition coefficient (Wildman–Crippen LogP) is 3.23. The summed E-state index contributed by atoms with van der Waals surface area (Å²) in [6.07, 6.45) is 5.67. The Kier molecular flexibility index (Phi) is 4.92. The van der Waals surface area contributed by atoms with Crippen LogP contribution in [0.15, 0.2) is 23.8 Å². The lowest BCUT2D eigenvalue weighted by molar-refractivity contribution is -0.138. The van der Waals surface area contributed by atoms with E-state index in [-0.39, 0.29) is 0 Å². The van der Waals surface area contributed by atoms with Crippen molar-refractivity contribution in [3.05, 3.63) is 23.8 Å². The highest BCUT2D eigenvalue weighted by molar-refractivity contribution is 6.30. The molecule has 0 aromatic carbocycles. The van der Waals surface area contributed by atoms with Gasteiger partial charge in [-0.3, -0.25) is 4.79 Å². The van der Waals surface area contributed by atoms with E-state index in [0.717, 1.165) is 5.57 Å². The van der Waals surface area contributed by atoms with Gasteiger partial charge in [-0.05, 0) is 13.8 Å². The highest BCUT2D eigenvalue weighted by Gasteiger charge is 2.30. The van der Waals surface area contributed by atoms with E-state index in [9.17, 15) is 4.79 Å². The second-order valence-electron chi connectivity index (χ2n) is 3.89. The molecule has 0 bridgehead atoms. The van der Waals surface area contributed by atoms with Gasteiger partial charge >= 0.3 is 5.97 Å². The number of hydrogen-bond donors (Lipinski definition) is 1. The van der Waals surface area contributed by atoms with Crippen LogP contribution in [0.25, 0.3) is 0 Å². The second-order valence-corrected chi connectivity index (χ2v) is 4.32. The zero-order valence-electron chi connectivity index (χ0n) is 9.04. The Bertz CT molecular complexity index is 264. The normalized spacial score (nSPS) is 15.9. The molecular weight excluding hydrogens is 200 g/mol. The van der Waals surface area contributed by atoms with Crippen molar-refractivity contribution in [2.24, 2.45) is 5.41 Å². The summed E-state index contributed by atoms with van der Waals surface area (Å²) in [6, 6.07) is 0. The van der Waals surface area contributed by atoms with Crippen LogP contribution in [-0.2, 0) is 4.79 Å². The first-order valence-electron chi connectivity index (χ1n) is 4.50. The van der Waals surface area contributed by atoms with Crippen LogP contribution in [0.2, 0.25) is 0 Å². The quantitative estimate of drug-likeness (QED) is 0.579. The van der Waals surface area contributed by atoms with Gasteiger partial charge in [0.15, 0.2) is 0 Å². The first kappa shape index (κ1) is 13.2. The van der Waals surface area contributed by atoms with E-state index in [2.05, 4.69) is 0 Å². The molecule has 0 aromatic heterocycles. The summed E-state index contributed by atoms with van der Waals surface area (Å²) in [5.41, 5.74) is 0.546. The van der Waals surface area contributed by atoms with Gasteiger partial charge in [0.1, 0.15) is 5.38 Å². The second kappa shape index (κ2) is 5.20. The fourth-order valence-corrected chi connectivity index (χ4v) is 0.918. The molecule has 80 valence electrons. The number of rotatable bonds is 4. The fraction of sp³-hybridized carbons (Fsp3) is 0.545. The van der Waals surface area contributed by atoms with E-state index < -0.39 is 16.8 Å². The molecule has 0 aliphatic carbocycles. The minimum absolute atomic E-state index is 0.544. The standard InChI is InChI=1S/C11H17ClO2/c1-5-8(2)6-7-11(3,4)9(12)10(13)14/h5-7,9H,1-4H3,(H,13,14). The van der Waals surface area contributed by atoms with Crippen molar-refractivity contribution in [1.29, 1.82) is 0 Å². The van der Waals surface area contributed by atoms with E-state index >= 15 is 0 Å². The molecule has 0 radical (unpaired) electrons. The molecule has 0 aliphatic heterocycles. The van der Waals surface area contributed by atoms with Crippen LogP contribution < -0.4 is 0 Å². The molecule has 0 saturated heterocycles. The lowest BCUT2D eigenvalue weighted by Gasteiger charge is -2.22. The molecule has 1 atom stereocenters. The number of hydrogen-bond acceptors (Lipinski definition) is 1. The third-order valence-corrected chi connectivity index (χ3v) is 2.85. The summed E-state index contributed by atoms with van der Waals surface area (Å²) in [4.78, 5) is 10.7. The van der Waals surface area contributed by atoms with Gasteiger partial charge in [0, 0.05) is 5.41 Å². The molecule has 1 unspecified atom stereocenters. The van der Waals surface area contributed by atoms with Crippen LogP contribution in [0, 0.1) is 5.41 Å². The molecular formula is C11H17ClO2. The average molecular weight is 217 g/mol. The third kappa shape index (κ3) is 3.97. The van der Waals surface area contributed by atoms with Gasteiger partial charge in [-0.2, -0.15) is 0 Å². The number of carboxylic acid groups (broad SMARTS) is 1. The predicted molar refractivity (Wildman–Crippen MR) is 59.6 cm³/mol. The van der Waals surface area contributed by atoms with Gasteiger partial charge in [0.2, 0.25) is 0 Å². The fourth-order valence-electron chi connectivity index (χ4n) is 0.845. The molecule has 0 rings (SSSR count). The smallest absolute Gasteiger partial charge is 0.322 e. The lowest BCUT2D eigenvalue weighted by Crippen LogP contribution is -2.30. The monoisotopic (exact) mass is 216 g/mol. The van der Waals surface area contributed by atoms with Gasteiger partial charge in [0.05, 0.1) is 0 Å². The summed E-state index contributed by atoms with van der Waals surface area (Å²) in [5, 5.41) is 7.86. The Morgan fingerprint density at radius 2 is 2.00 bits per heavy atom. The molecule has 0 spiro atoms. The van der Waals surface area contributed by atoms with E-state index in [1.165, 1.54) is 0 Å². The maximum atomic E-state index is 10.7. The molecule has 0 saturated carbocycles. The van der Waals surface area contributed by atoms with E-state index in [1.807, 2.05) is 32.1 Å². The maximum absolute atomic E-state index is 10.7. The molecule has 0 heterocycles. The Balaban J connectivity index is 4.64. The molecule has 0 fully saturated rings. The summed E-state index contributed by atoms with van der Waals surface area (Å²) in [6.45, 7) is 7.50. The number of carbonyl (C=O) groups is 1. The van der Waals surface area contributed by atoms with E-state index in [1.54, 1.807) is 13.8 Å². The molecule has 0 aromatic rings. The van der Waals surface area contributed by atoms with Gasteiger partial charge < -0.3 is 5.11 Å². The van der Waals surface area contributed by atoms with Crippen molar-refractivity contribution in [2.45, 2.75) is 33.1 Å². The van der Waals surface area contributed by atoms with Crippen LogP contribution in [-0.4, -0.2) is 16.5 Å². The van der Waals surface area contributed by atoms with E-state index in [4.69, 9.17) is 16.7 Å². The first-order valence-corrected chi connectivity index (χ1v) is 4.94. The number of carboxylic acids is 1. The SMILES string of the molecule is CC=C(C)C=CC(C)(C)C(Cl)C(=O)O. The van der Waals surface area contributed by atoms with Crippen molar-refractivity contribution in [3.8, 4) is 0 Å². The zero-order valence-corrected chi connectivity index (χ0v) is 9.80. The summed E-state index contributed by atoms with van der Waals surface area (Å²) in [7, 11) is 0. The summed E-state index contributed by atoms with van der Waals surface area (Å²) < 4.78 is 0. The Labute approximate surface area is 90.3 Å². The lowest BCUT2D eigenvalue weighted by atomic mass is 9.88. The van der Waals surface area contributed by atoms with Crippen LogP contribution in [0.5, 0.6) is 0 Å².